The quantitative estimate of drug-likeness (QED) is 0.0991. The van der Waals surface area contributed by atoms with Crippen molar-refractivity contribution < 1.29 is 61.6 Å². The lowest BCUT2D eigenvalue weighted by atomic mass is 10.2. The van der Waals surface area contributed by atoms with E-state index in [1.807, 2.05) is 49.4 Å². The van der Waals surface area contributed by atoms with Crippen LogP contribution in [0.25, 0.3) is 10.2 Å². The Morgan fingerprint density at radius 3 is 2.21 bits per heavy atom. The third-order valence-corrected chi connectivity index (χ3v) is 8.90. The number of halogens is 4. The molecule has 0 atom stereocenters. The van der Waals surface area contributed by atoms with E-state index < -0.39 is 15.6 Å². The maximum absolute atomic E-state index is 12.7. The average Bonchev–Trinajstić information content (AvgIpc) is 3.27. The van der Waals surface area contributed by atoms with Gasteiger partial charge < -0.3 is 14.0 Å². The van der Waals surface area contributed by atoms with Gasteiger partial charge in [0.25, 0.3) is 5.91 Å². The van der Waals surface area contributed by atoms with Gasteiger partial charge in [-0.2, -0.15) is 13.2 Å². The van der Waals surface area contributed by atoms with E-state index in [1.54, 1.807) is 0 Å². The van der Waals surface area contributed by atoms with Crippen LogP contribution in [-0.4, -0.2) is 42.8 Å². The number of carbonyl (C=O) groups excluding carboxylic acids is 1. The molecule has 0 saturated carbocycles. The van der Waals surface area contributed by atoms with Crippen LogP contribution in [0.1, 0.15) is 22.8 Å². The molecule has 1 N–H and O–H groups in total. The summed E-state index contributed by atoms with van der Waals surface area (Å²) in [5.74, 6) is 0.557. The van der Waals surface area contributed by atoms with Crippen LogP contribution in [0.4, 0.5) is 18.3 Å². The van der Waals surface area contributed by atoms with Crippen LogP contribution in [0.5, 0.6) is 5.75 Å². The number of nitrogens with one attached hydrogen (secondary N) is 1. The lowest BCUT2D eigenvalue weighted by molar-refractivity contribution is -0.597. The molecule has 1 aromatic heterocycles. The maximum Gasteiger partial charge on any atom is 0.485 e. The van der Waals surface area contributed by atoms with Crippen molar-refractivity contribution in [2.24, 2.45) is 0 Å². The number of carbonyl (C=O) groups is 1. The molecule has 3 aromatic carbocycles. The minimum Gasteiger partial charge on any atom is -0.741 e. The number of ether oxygens (including phenoxy) is 2. The number of aryl methyl sites for hydroxylation is 1. The molecule has 0 spiro atoms. The van der Waals surface area contributed by atoms with Crippen LogP contribution < -0.4 is 31.3 Å². The van der Waals surface area contributed by atoms with Gasteiger partial charge in [0.15, 0.2) is 29.2 Å². The number of alkyl halides is 3. The number of hydrogen-bond acceptors (Lipinski definition) is 8. The Labute approximate surface area is 237 Å². The summed E-state index contributed by atoms with van der Waals surface area (Å²) in [5.41, 5.74) is -2.93. The van der Waals surface area contributed by atoms with Crippen molar-refractivity contribution in [2.75, 3.05) is 18.7 Å². The van der Waals surface area contributed by atoms with E-state index in [4.69, 9.17) is 22.4 Å². The molecule has 208 valence electrons. The van der Waals surface area contributed by atoms with E-state index in [2.05, 4.69) is 41.5 Å². The summed E-state index contributed by atoms with van der Waals surface area (Å²) >= 11 is 1.17. The molecule has 1 heterocycles. The highest BCUT2D eigenvalue weighted by molar-refractivity contribution is 7.86. The SMILES string of the molecule is CCOCOc1ccc2nc(NC(=O)c3ccc([I+]c4ccc(C)cc4)cc3)sc2c1.O=S(=O)([O-])C(F)(F)F. The second-order valence-electron chi connectivity index (χ2n) is 7.65. The van der Waals surface area contributed by atoms with E-state index >= 15 is 0 Å². The Morgan fingerprint density at radius 1 is 1.05 bits per heavy atom. The van der Waals surface area contributed by atoms with Gasteiger partial charge in [0, 0.05) is 12.2 Å². The monoisotopic (exact) mass is 694 g/mol. The molecule has 0 aliphatic rings. The normalized spacial score (nSPS) is 11.5. The lowest BCUT2D eigenvalue weighted by Gasteiger charge is -2.08. The minimum atomic E-state index is -6.09. The number of benzene rings is 3. The fourth-order valence-corrected chi connectivity index (χ4v) is 5.84. The van der Waals surface area contributed by atoms with Crippen LogP contribution in [0, 0.1) is 14.1 Å². The number of anilines is 1. The Kier molecular flexibility index (Phi) is 10.7. The van der Waals surface area contributed by atoms with Gasteiger partial charge in [-0.05, 0) is 68.4 Å². The first-order valence-corrected chi connectivity index (χ1v) is 15.5. The zero-order valence-corrected chi connectivity index (χ0v) is 24.3. The number of rotatable bonds is 8. The molecular formula is C25H22F3IN2O6S2. The Balaban J connectivity index is 0.000000459. The van der Waals surface area contributed by atoms with Crippen LogP contribution in [0.2, 0.25) is 0 Å². The predicted octanol–water partition coefficient (Wildman–Crippen LogP) is 2.41. The fourth-order valence-electron chi connectivity index (χ4n) is 2.80. The van der Waals surface area contributed by atoms with Crippen molar-refractivity contribution in [2.45, 2.75) is 19.4 Å². The maximum atomic E-state index is 12.7. The molecule has 14 heteroatoms. The molecule has 0 fully saturated rings. The summed E-state index contributed by atoms with van der Waals surface area (Å²) in [5, 5.41) is 3.47. The topological polar surface area (TPSA) is 118 Å². The van der Waals surface area contributed by atoms with E-state index in [1.165, 1.54) is 24.0 Å². The number of nitrogens with zero attached hydrogens (tertiary/aromatic N) is 1. The van der Waals surface area contributed by atoms with Crippen molar-refractivity contribution in [3.63, 3.8) is 0 Å². The van der Waals surface area contributed by atoms with Crippen LogP contribution in [0.3, 0.4) is 0 Å². The second kappa shape index (κ2) is 13.5. The van der Waals surface area contributed by atoms with Crippen LogP contribution in [0.15, 0.2) is 66.7 Å². The summed E-state index contributed by atoms with van der Waals surface area (Å²) in [4.78, 5) is 17.2. The molecular weight excluding hydrogens is 672 g/mol. The van der Waals surface area contributed by atoms with Crippen molar-refractivity contribution in [3.8, 4) is 5.75 Å². The van der Waals surface area contributed by atoms with E-state index in [9.17, 15) is 18.0 Å². The minimum absolute atomic E-state index is 0.160. The highest BCUT2D eigenvalue weighted by Crippen LogP contribution is 2.29. The second-order valence-corrected chi connectivity index (χ2v) is 13.1. The number of fused-ring (bicyclic) bond motifs is 1. The molecule has 0 radical (unpaired) electrons. The van der Waals surface area contributed by atoms with Gasteiger partial charge in [-0.3, -0.25) is 10.1 Å². The van der Waals surface area contributed by atoms with Crippen molar-refractivity contribution in [1.29, 1.82) is 0 Å². The van der Waals surface area contributed by atoms with Gasteiger partial charge in [0.1, 0.15) is 5.75 Å². The number of aromatic nitrogens is 1. The molecule has 39 heavy (non-hydrogen) atoms. The fraction of sp³-hybridized carbons (Fsp3) is 0.200. The molecule has 0 aliphatic carbocycles. The van der Waals surface area contributed by atoms with E-state index in [0.29, 0.717) is 17.3 Å². The van der Waals surface area contributed by atoms with Gasteiger partial charge in [-0.15, -0.1) is 0 Å². The average molecular weight is 694 g/mol. The highest BCUT2D eigenvalue weighted by atomic mass is 127. The van der Waals surface area contributed by atoms with Gasteiger partial charge in [-0.1, -0.05) is 29.0 Å². The lowest BCUT2D eigenvalue weighted by Crippen LogP contribution is -3.61. The third-order valence-electron chi connectivity index (χ3n) is 4.71. The van der Waals surface area contributed by atoms with Crippen molar-refractivity contribution in [3.05, 3.63) is 85.0 Å². The van der Waals surface area contributed by atoms with Crippen LogP contribution in [-0.2, 0) is 14.9 Å². The Hall–Kier alpha value is -2.79. The number of thiazole rings is 1. The zero-order valence-electron chi connectivity index (χ0n) is 20.5. The van der Waals surface area contributed by atoms with Gasteiger partial charge in [-0.25, -0.2) is 13.4 Å². The molecule has 0 bridgehead atoms. The molecule has 8 nitrogen and oxygen atoms in total. The summed E-state index contributed by atoms with van der Waals surface area (Å²) in [6.45, 7) is 4.83. The van der Waals surface area contributed by atoms with Crippen LogP contribution >= 0.6 is 11.3 Å². The molecule has 4 rings (SSSR count). The van der Waals surface area contributed by atoms with Gasteiger partial charge >= 0.3 is 26.7 Å². The van der Waals surface area contributed by atoms with E-state index in [0.717, 1.165) is 16.0 Å². The molecule has 1 amide bonds. The van der Waals surface area contributed by atoms with Gasteiger partial charge in [0.2, 0.25) is 0 Å². The van der Waals surface area contributed by atoms with Crippen molar-refractivity contribution in [1.82, 2.24) is 4.98 Å². The van der Waals surface area contributed by atoms with Gasteiger partial charge in [0.05, 0.1) is 10.2 Å². The summed E-state index contributed by atoms with van der Waals surface area (Å²) in [6.07, 6.45) is 0. The summed E-state index contributed by atoms with van der Waals surface area (Å²) in [7, 11) is -6.09. The zero-order chi connectivity index (χ0) is 28.6. The summed E-state index contributed by atoms with van der Waals surface area (Å²) in [6, 6.07) is 22.1. The van der Waals surface area contributed by atoms with E-state index in [-0.39, 0.29) is 33.9 Å². The predicted molar refractivity (Wildman–Crippen MR) is 135 cm³/mol. The first-order valence-electron chi connectivity index (χ1n) is 11.1. The number of hydrogen-bond donors (Lipinski definition) is 1. The smallest absolute Gasteiger partial charge is 0.485 e. The highest BCUT2D eigenvalue weighted by Gasteiger charge is 2.36. The first kappa shape index (κ1) is 30.7. The molecule has 0 unspecified atom stereocenters. The molecule has 0 aliphatic heterocycles. The third kappa shape index (κ3) is 9.42. The van der Waals surface area contributed by atoms with Crippen molar-refractivity contribution >= 4 is 42.7 Å². The molecule has 4 aromatic rings. The first-order chi connectivity index (χ1) is 18.4. The standard InChI is InChI=1S/C24H21IN2O3S.CHF3O3S/c1-3-29-15-30-20-12-13-21-22(14-20)31-24(26-21)27-23(28)17-6-10-19(11-7-17)25-18-8-4-16(2)5-9-18;2-1(3,4)8(5,6)7/h4-14H,3,15H2,1-2H3;(H,5,6,7). The Morgan fingerprint density at radius 2 is 1.64 bits per heavy atom. The number of amides is 1. The Bertz CT molecular complexity index is 1510. The summed E-state index contributed by atoms with van der Waals surface area (Å²) < 4.78 is 73.2. The largest absolute Gasteiger partial charge is 0.741 e. The molecule has 0 saturated heterocycles.